The van der Waals surface area contributed by atoms with Gasteiger partial charge in [-0.2, -0.15) is 0 Å². The number of nitrogens with one attached hydrogen (secondary N) is 1. The highest BCUT2D eigenvalue weighted by atomic mass is 16.6. The lowest BCUT2D eigenvalue weighted by Crippen LogP contribution is -2.51. The van der Waals surface area contributed by atoms with Crippen molar-refractivity contribution in [2.24, 2.45) is 0 Å². The van der Waals surface area contributed by atoms with Crippen LogP contribution in [0.1, 0.15) is 32.4 Å². The Bertz CT molecular complexity index is 784. The minimum Gasteiger partial charge on any atom is -0.494 e. The third-order valence-corrected chi connectivity index (χ3v) is 4.22. The minimum absolute atomic E-state index is 0.0931. The van der Waals surface area contributed by atoms with Gasteiger partial charge in [-0.15, -0.1) is 0 Å². The number of ether oxygens (including phenoxy) is 3. The Labute approximate surface area is 162 Å². The standard InChI is InChI=1S/C19H24N2O7/c1-4-27-14(12-26-9-5-8-22)11-20-17-15-10-13(21(24)25)6-7-16(15)28-19(2,3)18(17)23/h5-7,10-11,17-18,20,23H,4,9,12H2,1-3H3/b14-11+/t17-,18+/m0/s1. The maximum atomic E-state index is 11.1. The molecule has 9 nitrogen and oxygen atoms in total. The van der Waals surface area contributed by atoms with Crippen molar-refractivity contribution < 1.29 is 29.0 Å². The molecule has 0 aromatic heterocycles. The van der Waals surface area contributed by atoms with Gasteiger partial charge in [0.2, 0.25) is 0 Å². The molecule has 0 radical (unpaired) electrons. The quantitative estimate of drug-likeness (QED) is 0.215. The maximum Gasteiger partial charge on any atom is 0.270 e. The molecule has 152 valence electrons. The molecular weight excluding hydrogens is 368 g/mol. The van der Waals surface area contributed by atoms with Crippen LogP contribution in [0.5, 0.6) is 5.75 Å². The van der Waals surface area contributed by atoms with Gasteiger partial charge in [0.25, 0.3) is 5.69 Å². The van der Waals surface area contributed by atoms with Crippen LogP contribution in [0.4, 0.5) is 5.69 Å². The molecule has 0 aliphatic carbocycles. The van der Waals surface area contributed by atoms with Gasteiger partial charge in [-0.25, -0.2) is 4.79 Å². The number of nitro benzene ring substituents is 1. The zero-order chi connectivity index (χ0) is 20.7. The SMILES string of the molecule is CCO/C(=C/N[C@H]1c2cc([N+](=O)[O-])ccc2OC(C)(C)[C@@H]1O)COCC=C=O. The van der Waals surface area contributed by atoms with Gasteiger partial charge in [0.05, 0.1) is 24.2 Å². The van der Waals surface area contributed by atoms with Crippen LogP contribution in [0.15, 0.2) is 36.2 Å². The summed E-state index contributed by atoms with van der Waals surface area (Å²) in [6.07, 6.45) is 1.77. The van der Waals surface area contributed by atoms with Crippen LogP contribution in [0, 0.1) is 10.1 Å². The first-order valence-electron chi connectivity index (χ1n) is 8.80. The number of nitro groups is 1. The average molecular weight is 392 g/mol. The van der Waals surface area contributed by atoms with E-state index < -0.39 is 22.7 Å². The fourth-order valence-electron chi connectivity index (χ4n) is 2.83. The second-order valence-corrected chi connectivity index (χ2v) is 6.65. The van der Waals surface area contributed by atoms with Crippen LogP contribution in [0.3, 0.4) is 0 Å². The first-order valence-corrected chi connectivity index (χ1v) is 8.80. The molecule has 2 rings (SSSR count). The Kier molecular flexibility index (Phi) is 7.17. The topological polar surface area (TPSA) is 120 Å². The zero-order valence-corrected chi connectivity index (χ0v) is 16.0. The summed E-state index contributed by atoms with van der Waals surface area (Å²) in [6.45, 7) is 5.87. The molecule has 0 spiro atoms. The molecule has 2 atom stereocenters. The lowest BCUT2D eigenvalue weighted by molar-refractivity contribution is -0.385. The summed E-state index contributed by atoms with van der Waals surface area (Å²) in [5.74, 6) is 2.52. The van der Waals surface area contributed by atoms with Crippen LogP contribution in [0.2, 0.25) is 0 Å². The molecule has 1 aliphatic rings. The molecule has 1 aromatic rings. The first-order chi connectivity index (χ1) is 13.3. The maximum absolute atomic E-state index is 11.1. The molecule has 0 saturated heterocycles. The van der Waals surface area contributed by atoms with Crippen molar-refractivity contribution >= 4 is 11.6 Å². The van der Waals surface area contributed by atoms with Crippen LogP contribution in [-0.2, 0) is 14.3 Å². The van der Waals surface area contributed by atoms with E-state index in [0.717, 1.165) is 0 Å². The van der Waals surface area contributed by atoms with E-state index in [1.54, 1.807) is 26.0 Å². The number of hydrogen-bond donors (Lipinski definition) is 2. The highest BCUT2D eigenvalue weighted by Crippen LogP contribution is 2.41. The van der Waals surface area contributed by atoms with Crippen LogP contribution < -0.4 is 10.1 Å². The Morgan fingerprint density at radius 2 is 2.25 bits per heavy atom. The van der Waals surface area contributed by atoms with Crippen molar-refractivity contribution in [1.29, 1.82) is 0 Å². The van der Waals surface area contributed by atoms with Crippen molar-refractivity contribution in [3.63, 3.8) is 0 Å². The summed E-state index contributed by atoms with van der Waals surface area (Å²) in [5.41, 5.74) is -0.539. The monoisotopic (exact) mass is 392 g/mol. The summed E-state index contributed by atoms with van der Waals surface area (Å²) in [5, 5.41) is 25.0. The number of carbonyl (C=O) groups excluding carboxylic acids is 1. The van der Waals surface area contributed by atoms with E-state index in [0.29, 0.717) is 23.7 Å². The summed E-state index contributed by atoms with van der Waals surface area (Å²) in [4.78, 5) is 20.8. The van der Waals surface area contributed by atoms with Crippen LogP contribution >= 0.6 is 0 Å². The summed E-state index contributed by atoms with van der Waals surface area (Å²) in [7, 11) is 0. The molecule has 0 amide bonds. The molecule has 0 bridgehead atoms. The van der Waals surface area contributed by atoms with E-state index in [4.69, 9.17) is 14.2 Å². The minimum atomic E-state index is -0.986. The number of non-ortho nitro benzene ring substituents is 1. The van der Waals surface area contributed by atoms with Crippen molar-refractivity contribution in [2.45, 2.75) is 38.5 Å². The number of aliphatic hydroxyl groups excluding tert-OH is 1. The van der Waals surface area contributed by atoms with E-state index in [-0.39, 0.29) is 18.9 Å². The number of fused-ring (bicyclic) bond motifs is 1. The molecule has 28 heavy (non-hydrogen) atoms. The lowest BCUT2D eigenvalue weighted by Gasteiger charge is -2.42. The third kappa shape index (κ3) is 5.10. The van der Waals surface area contributed by atoms with Gasteiger partial charge in [0.15, 0.2) is 0 Å². The van der Waals surface area contributed by atoms with Gasteiger partial charge in [-0.1, -0.05) is 0 Å². The second kappa shape index (κ2) is 9.36. The molecule has 0 unspecified atom stereocenters. The van der Waals surface area contributed by atoms with Gasteiger partial charge in [0.1, 0.15) is 35.8 Å². The van der Waals surface area contributed by atoms with E-state index >= 15 is 0 Å². The largest absolute Gasteiger partial charge is 0.494 e. The van der Waals surface area contributed by atoms with Crippen molar-refractivity contribution in [3.05, 3.63) is 51.9 Å². The molecule has 2 N–H and O–H groups in total. The van der Waals surface area contributed by atoms with Gasteiger partial charge in [0, 0.05) is 30.0 Å². The number of hydrogen-bond acceptors (Lipinski definition) is 8. The first kappa shape index (κ1) is 21.4. The predicted octanol–water partition coefficient (Wildman–Crippen LogP) is 2.04. The second-order valence-electron chi connectivity index (χ2n) is 6.65. The molecule has 1 aromatic carbocycles. The van der Waals surface area contributed by atoms with Gasteiger partial charge in [-0.05, 0) is 26.8 Å². The highest BCUT2D eigenvalue weighted by Gasteiger charge is 2.43. The number of nitrogens with zero attached hydrogens (tertiary/aromatic N) is 1. The fourth-order valence-corrected chi connectivity index (χ4v) is 2.83. The zero-order valence-electron chi connectivity index (χ0n) is 16.0. The van der Waals surface area contributed by atoms with Crippen LogP contribution in [-0.4, -0.2) is 47.5 Å². The van der Waals surface area contributed by atoms with E-state index in [1.807, 2.05) is 6.92 Å². The van der Waals surface area contributed by atoms with E-state index in [2.05, 4.69) is 5.32 Å². The van der Waals surface area contributed by atoms with E-state index in [1.165, 1.54) is 24.3 Å². The van der Waals surface area contributed by atoms with Gasteiger partial charge < -0.3 is 24.6 Å². The highest BCUT2D eigenvalue weighted by molar-refractivity contribution is 5.48. The Hall–Kier alpha value is -2.87. The van der Waals surface area contributed by atoms with Gasteiger partial charge >= 0.3 is 0 Å². The van der Waals surface area contributed by atoms with Crippen molar-refractivity contribution in [1.82, 2.24) is 5.32 Å². The average Bonchev–Trinajstić information content (AvgIpc) is 2.64. The summed E-state index contributed by atoms with van der Waals surface area (Å²) >= 11 is 0. The lowest BCUT2D eigenvalue weighted by atomic mass is 9.86. The van der Waals surface area contributed by atoms with Gasteiger partial charge in [-0.3, -0.25) is 10.1 Å². The molecule has 0 fully saturated rings. The summed E-state index contributed by atoms with van der Waals surface area (Å²) < 4.78 is 16.6. The third-order valence-electron chi connectivity index (χ3n) is 4.22. The van der Waals surface area contributed by atoms with E-state index in [9.17, 15) is 20.0 Å². The molecule has 0 saturated carbocycles. The molecular formula is C19H24N2O7. The number of rotatable bonds is 9. The normalized spacial score (nSPS) is 20.4. The van der Waals surface area contributed by atoms with Crippen molar-refractivity contribution in [3.8, 4) is 5.75 Å². The summed E-state index contributed by atoms with van der Waals surface area (Å²) in [6, 6.07) is 3.60. The molecule has 1 aliphatic heterocycles. The predicted molar refractivity (Wildman–Crippen MR) is 100 cm³/mol. The molecule has 9 heteroatoms. The number of benzene rings is 1. The Morgan fingerprint density at radius 1 is 1.50 bits per heavy atom. The van der Waals surface area contributed by atoms with Crippen LogP contribution in [0.25, 0.3) is 0 Å². The Morgan fingerprint density at radius 3 is 2.89 bits per heavy atom. The Balaban J connectivity index is 2.29. The number of aliphatic hydroxyl groups is 1. The molecule has 1 heterocycles. The fraction of sp³-hybridized carbons (Fsp3) is 0.474. The van der Waals surface area contributed by atoms with Crippen molar-refractivity contribution in [2.75, 3.05) is 19.8 Å². The smallest absolute Gasteiger partial charge is 0.270 e.